The maximum Gasteiger partial charge on any atom is 0.343 e. The summed E-state index contributed by atoms with van der Waals surface area (Å²) in [5.74, 6) is 2.61. The second kappa shape index (κ2) is 6.59. The molecule has 2 aromatic rings. The van der Waals surface area contributed by atoms with Gasteiger partial charge in [-0.3, -0.25) is 0 Å². The third kappa shape index (κ3) is 3.41. The van der Waals surface area contributed by atoms with Gasteiger partial charge >= 0.3 is 5.63 Å². The molecule has 4 rings (SSSR count). The van der Waals surface area contributed by atoms with Crippen molar-refractivity contribution in [2.45, 2.75) is 51.6 Å². The fraction of sp³-hybridized carbons (Fsp3) is 0.435. The molecule has 0 spiro atoms. The molecule has 0 unspecified atom stereocenters. The molecule has 2 bridgehead atoms. The Labute approximate surface area is 159 Å². The van der Waals surface area contributed by atoms with Crippen molar-refractivity contribution in [1.82, 2.24) is 0 Å². The van der Waals surface area contributed by atoms with Gasteiger partial charge in [-0.15, -0.1) is 0 Å². The SMILES string of the molecule is CC(C)[C@@H]1CC[C@]2(C)C[C@H]1c1c(cc(/C=C/c3ccc(O)cc3)oc1=O)O2. The summed E-state index contributed by atoms with van der Waals surface area (Å²) in [7, 11) is 0. The van der Waals surface area contributed by atoms with Crippen molar-refractivity contribution in [2.75, 3.05) is 0 Å². The third-order valence-corrected chi connectivity index (χ3v) is 6.06. The Morgan fingerprint density at radius 1 is 1.22 bits per heavy atom. The first-order valence-corrected chi connectivity index (χ1v) is 9.69. The Balaban J connectivity index is 1.70. The predicted octanol–water partition coefficient (Wildman–Crippen LogP) is 5.21. The van der Waals surface area contributed by atoms with E-state index in [1.807, 2.05) is 12.1 Å². The summed E-state index contributed by atoms with van der Waals surface area (Å²) < 4.78 is 11.9. The van der Waals surface area contributed by atoms with Crippen molar-refractivity contribution < 1.29 is 14.3 Å². The summed E-state index contributed by atoms with van der Waals surface area (Å²) in [4.78, 5) is 12.8. The number of fused-ring (bicyclic) bond motifs is 4. The quantitative estimate of drug-likeness (QED) is 0.810. The second-order valence-electron chi connectivity index (χ2n) is 8.45. The van der Waals surface area contributed by atoms with Crippen LogP contribution < -0.4 is 10.4 Å². The van der Waals surface area contributed by atoms with Crippen LogP contribution in [0.25, 0.3) is 12.2 Å². The highest BCUT2D eigenvalue weighted by Crippen LogP contribution is 2.52. The number of hydrogen-bond donors (Lipinski definition) is 1. The highest BCUT2D eigenvalue weighted by molar-refractivity contribution is 5.68. The summed E-state index contributed by atoms with van der Waals surface area (Å²) in [6.07, 6.45) is 6.61. The molecule has 0 radical (unpaired) electrons. The molecule has 1 aromatic carbocycles. The summed E-state index contributed by atoms with van der Waals surface area (Å²) >= 11 is 0. The van der Waals surface area contributed by atoms with E-state index in [2.05, 4.69) is 20.8 Å². The standard InChI is InChI=1S/C23H26O4/c1-14(2)18-10-11-23(3)13-19(18)21-20(27-23)12-17(26-22(21)25)9-6-15-4-7-16(24)8-5-15/h4-9,12,14,18-19,24H,10-11,13H2,1-3H3/b9-6+/t18-,19+,23+/m0/s1. The average molecular weight is 366 g/mol. The molecule has 142 valence electrons. The Morgan fingerprint density at radius 3 is 2.67 bits per heavy atom. The third-order valence-electron chi connectivity index (χ3n) is 6.06. The van der Waals surface area contributed by atoms with Gasteiger partial charge in [0.1, 0.15) is 22.9 Å². The van der Waals surface area contributed by atoms with Crippen LogP contribution in [0.2, 0.25) is 0 Å². The maximum absolute atomic E-state index is 12.8. The Kier molecular flexibility index (Phi) is 4.37. The molecule has 2 heterocycles. The molecular weight excluding hydrogens is 340 g/mol. The second-order valence-corrected chi connectivity index (χ2v) is 8.45. The van der Waals surface area contributed by atoms with E-state index in [-0.39, 0.29) is 22.9 Å². The first-order chi connectivity index (χ1) is 12.8. The van der Waals surface area contributed by atoms with Crippen LogP contribution in [0.15, 0.2) is 39.5 Å². The van der Waals surface area contributed by atoms with Crippen molar-refractivity contribution in [3.63, 3.8) is 0 Å². The molecule has 4 heteroatoms. The zero-order valence-corrected chi connectivity index (χ0v) is 16.1. The molecule has 1 aliphatic carbocycles. The van der Waals surface area contributed by atoms with Crippen LogP contribution >= 0.6 is 0 Å². The summed E-state index contributed by atoms with van der Waals surface area (Å²) in [6, 6.07) is 8.70. The van der Waals surface area contributed by atoms with Crippen LogP contribution in [0.3, 0.4) is 0 Å². The lowest BCUT2D eigenvalue weighted by Crippen LogP contribution is -2.46. The average Bonchev–Trinajstić information content (AvgIpc) is 2.60. The number of rotatable bonds is 3. The zero-order chi connectivity index (χ0) is 19.2. The first-order valence-electron chi connectivity index (χ1n) is 9.69. The van der Waals surface area contributed by atoms with Gasteiger partial charge in [-0.25, -0.2) is 4.79 Å². The Morgan fingerprint density at radius 2 is 1.96 bits per heavy atom. The smallest absolute Gasteiger partial charge is 0.343 e. The molecule has 1 aliphatic heterocycles. The van der Waals surface area contributed by atoms with Crippen LogP contribution in [0, 0.1) is 11.8 Å². The molecule has 2 aliphatic rings. The van der Waals surface area contributed by atoms with Gasteiger partial charge in [-0.2, -0.15) is 0 Å². The minimum absolute atomic E-state index is 0.200. The van der Waals surface area contributed by atoms with Crippen molar-refractivity contribution in [1.29, 1.82) is 0 Å². The topological polar surface area (TPSA) is 59.7 Å². The number of benzene rings is 1. The van der Waals surface area contributed by atoms with Gasteiger partial charge in [0.15, 0.2) is 0 Å². The van der Waals surface area contributed by atoms with E-state index in [1.54, 1.807) is 30.3 Å². The molecule has 4 nitrogen and oxygen atoms in total. The van der Waals surface area contributed by atoms with Crippen molar-refractivity contribution in [3.05, 3.63) is 57.6 Å². The van der Waals surface area contributed by atoms with Crippen LogP contribution in [0.1, 0.15) is 62.8 Å². The van der Waals surface area contributed by atoms with Crippen LogP contribution in [-0.4, -0.2) is 10.7 Å². The molecule has 0 saturated heterocycles. The van der Waals surface area contributed by atoms with E-state index in [1.165, 1.54) is 0 Å². The monoisotopic (exact) mass is 366 g/mol. The molecule has 1 fully saturated rings. The van der Waals surface area contributed by atoms with Crippen molar-refractivity contribution >= 4 is 12.2 Å². The van der Waals surface area contributed by atoms with E-state index in [0.717, 1.165) is 24.8 Å². The van der Waals surface area contributed by atoms with Gasteiger partial charge in [-0.05, 0) is 61.8 Å². The lowest BCUT2D eigenvalue weighted by Gasteiger charge is -2.48. The van der Waals surface area contributed by atoms with Crippen LogP contribution in [0.5, 0.6) is 11.5 Å². The van der Waals surface area contributed by atoms with Gasteiger partial charge in [-0.1, -0.05) is 32.1 Å². The number of phenolic OH excluding ortho intramolecular Hbond substituents is 1. The van der Waals surface area contributed by atoms with Gasteiger partial charge in [0, 0.05) is 12.0 Å². The lowest BCUT2D eigenvalue weighted by molar-refractivity contribution is -0.00977. The number of phenols is 1. The minimum Gasteiger partial charge on any atom is -0.508 e. The van der Waals surface area contributed by atoms with Crippen molar-refractivity contribution in [2.24, 2.45) is 11.8 Å². The van der Waals surface area contributed by atoms with Gasteiger partial charge in [0.25, 0.3) is 0 Å². The van der Waals surface area contributed by atoms with E-state index in [4.69, 9.17) is 9.15 Å². The number of hydrogen-bond acceptors (Lipinski definition) is 4. The van der Waals surface area contributed by atoms with Gasteiger partial charge in [0.05, 0.1) is 5.56 Å². The van der Waals surface area contributed by atoms with E-state index >= 15 is 0 Å². The van der Waals surface area contributed by atoms with E-state index in [9.17, 15) is 9.90 Å². The normalized spacial score (nSPS) is 26.8. The maximum atomic E-state index is 12.8. The molecule has 1 N–H and O–H groups in total. The number of aromatic hydroxyl groups is 1. The Hall–Kier alpha value is -2.49. The molecule has 0 amide bonds. The predicted molar refractivity (Wildman–Crippen MR) is 106 cm³/mol. The fourth-order valence-corrected chi connectivity index (χ4v) is 4.63. The summed E-state index contributed by atoms with van der Waals surface area (Å²) in [6.45, 7) is 6.62. The van der Waals surface area contributed by atoms with Gasteiger partial charge < -0.3 is 14.3 Å². The number of ether oxygens (including phenoxy) is 1. The van der Waals surface area contributed by atoms with E-state index < -0.39 is 0 Å². The fourth-order valence-electron chi connectivity index (χ4n) is 4.63. The highest BCUT2D eigenvalue weighted by Gasteiger charge is 2.47. The molecule has 27 heavy (non-hydrogen) atoms. The highest BCUT2D eigenvalue weighted by atomic mass is 16.5. The van der Waals surface area contributed by atoms with Crippen LogP contribution in [0.4, 0.5) is 0 Å². The molecule has 3 atom stereocenters. The van der Waals surface area contributed by atoms with Crippen molar-refractivity contribution in [3.8, 4) is 11.5 Å². The first kappa shape index (κ1) is 17.9. The molecular formula is C23H26O4. The minimum atomic E-state index is -0.280. The zero-order valence-electron chi connectivity index (χ0n) is 16.1. The summed E-state index contributed by atoms with van der Waals surface area (Å²) in [5, 5.41) is 9.37. The van der Waals surface area contributed by atoms with E-state index in [0.29, 0.717) is 28.9 Å². The van der Waals surface area contributed by atoms with Crippen LogP contribution in [-0.2, 0) is 0 Å². The molecule has 1 saturated carbocycles. The lowest BCUT2D eigenvalue weighted by atomic mass is 9.64. The molecule has 1 aromatic heterocycles. The van der Waals surface area contributed by atoms with Gasteiger partial charge in [0.2, 0.25) is 0 Å². The Bertz CT molecular complexity index is 922. The largest absolute Gasteiger partial charge is 0.508 e. The summed E-state index contributed by atoms with van der Waals surface area (Å²) in [5.41, 5.74) is 1.15.